The molecule has 0 N–H and O–H groups in total. The molecule has 5 nitrogen and oxygen atoms in total. The van der Waals surface area contributed by atoms with Crippen molar-refractivity contribution >= 4 is 17.7 Å². The van der Waals surface area contributed by atoms with E-state index in [-0.39, 0.29) is 5.97 Å². The minimum atomic E-state index is -0.800. The lowest BCUT2D eigenvalue weighted by Gasteiger charge is -2.41. The van der Waals surface area contributed by atoms with Gasteiger partial charge < -0.3 is 9.47 Å². The summed E-state index contributed by atoms with van der Waals surface area (Å²) in [6.07, 6.45) is 2.95. The first kappa shape index (κ1) is 13.8. The highest BCUT2D eigenvalue weighted by atomic mass is 16.6. The van der Waals surface area contributed by atoms with Crippen LogP contribution in [0.25, 0.3) is 0 Å². The maximum atomic E-state index is 11.4. The quantitative estimate of drug-likeness (QED) is 0.432. The van der Waals surface area contributed by atoms with Gasteiger partial charge in [-0.15, -0.1) is 0 Å². The topological polar surface area (TPSA) is 69.7 Å². The normalized spacial score (nSPS) is 34.2. The zero-order valence-corrected chi connectivity index (χ0v) is 11.3. The summed E-state index contributed by atoms with van der Waals surface area (Å²) >= 11 is 0. The molecule has 0 radical (unpaired) electrons. The Kier molecular flexibility index (Phi) is 3.24. The molecule has 0 unspecified atom stereocenters. The molecule has 1 heterocycles. The predicted molar refractivity (Wildman–Crippen MR) is 66.2 cm³/mol. The summed E-state index contributed by atoms with van der Waals surface area (Å²) < 4.78 is 10.6. The molecular formula is C14H18O5. The number of hydrogen-bond acceptors (Lipinski definition) is 5. The third-order valence-electron chi connectivity index (χ3n) is 3.98. The van der Waals surface area contributed by atoms with E-state index >= 15 is 0 Å². The minimum absolute atomic E-state index is 0.329. The Morgan fingerprint density at radius 2 is 1.84 bits per heavy atom. The molecular weight excluding hydrogens is 248 g/mol. The van der Waals surface area contributed by atoms with Crippen molar-refractivity contribution in [3.05, 3.63) is 12.2 Å². The Hall–Kier alpha value is -1.65. The second-order valence-corrected chi connectivity index (χ2v) is 5.75. The van der Waals surface area contributed by atoms with Gasteiger partial charge in [-0.2, -0.15) is 0 Å². The predicted octanol–water partition coefficient (Wildman–Crippen LogP) is 1.69. The van der Waals surface area contributed by atoms with E-state index in [2.05, 4.69) is 6.58 Å². The Balaban J connectivity index is 1.99. The van der Waals surface area contributed by atoms with E-state index in [1.54, 1.807) is 0 Å². The highest BCUT2D eigenvalue weighted by Crippen LogP contribution is 2.45. The van der Waals surface area contributed by atoms with Crippen molar-refractivity contribution in [2.45, 2.75) is 57.2 Å². The molecule has 1 saturated heterocycles. The molecule has 104 valence electrons. The first-order valence-corrected chi connectivity index (χ1v) is 6.40. The van der Waals surface area contributed by atoms with Crippen LogP contribution in [0, 0.1) is 0 Å². The van der Waals surface area contributed by atoms with Crippen LogP contribution in [-0.4, -0.2) is 28.9 Å². The lowest BCUT2D eigenvalue weighted by Crippen LogP contribution is -2.44. The third kappa shape index (κ3) is 2.69. The maximum Gasteiger partial charge on any atom is 0.374 e. The molecule has 0 bridgehead atoms. The lowest BCUT2D eigenvalue weighted by atomic mass is 9.75. The van der Waals surface area contributed by atoms with Crippen molar-refractivity contribution < 1.29 is 23.9 Å². The van der Waals surface area contributed by atoms with Crippen LogP contribution in [0.4, 0.5) is 0 Å². The fourth-order valence-electron chi connectivity index (χ4n) is 2.68. The lowest BCUT2D eigenvalue weighted by molar-refractivity contribution is -0.174. The van der Waals surface area contributed by atoms with Crippen LogP contribution >= 0.6 is 0 Å². The van der Waals surface area contributed by atoms with Gasteiger partial charge in [0, 0.05) is 18.9 Å². The average molecular weight is 266 g/mol. The molecule has 1 aliphatic carbocycles. The van der Waals surface area contributed by atoms with E-state index in [1.807, 2.05) is 6.92 Å². The summed E-state index contributed by atoms with van der Waals surface area (Å²) in [5.41, 5.74) is -0.620. The van der Waals surface area contributed by atoms with Crippen LogP contribution < -0.4 is 0 Å². The molecule has 0 amide bonds. The zero-order valence-electron chi connectivity index (χ0n) is 11.3. The second-order valence-electron chi connectivity index (χ2n) is 5.75. The summed E-state index contributed by atoms with van der Waals surface area (Å²) in [5, 5.41) is 0. The Morgan fingerprint density at radius 1 is 1.26 bits per heavy atom. The number of ether oxygens (including phenoxy) is 2. The first-order chi connectivity index (χ1) is 8.75. The maximum absolute atomic E-state index is 11.4. The van der Waals surface area contributed by atoms with Gasteiger partial charge in [-0.25, -0.2) is 9.59 Å². The molecule has 5 heteroatoms. The molecule has 0 aromatic carbocycles. The summed E-state index contributed by atoms with van der Waals surface area (Å²) in [6.45, 7) is 6.69. The van der Waals surface area contributed by atoms with E-state index in [1.165, 1.54) is 6.92 Å². The van der Waals surface area contributed by atoms with Crippen molar-refractivity contribution in [3.8, 4) is 0 Å². The van der Waals surface area contributed by atoms with Gasteiger partial charge in [0.15, 0.2) is 0 Å². The van der Waals surface area contributed by atoms with Crippen LogP contribution in [0.3, 0.4) is 0 Å². The summed E-state index contributed by atoms with van der Waals surface area (Å²) in [6, 6.07) is 0. The van der Waals surface area contributed by atoms with Gasteiger partial charge in [0.05, 0.1) is 0 Å². The molecule has 2 aliphatic rings. The van der Waals surface area contributed by atoms with Gasteiger partial charge >= 0.3 is 11.9 Å². The highest BCUT2D eigenvalue weighted by Gasteiger charge is 2.49. The zero-order chi connectivity index (χ0) is 14.3. The monoisotopic (exact) mass is 266 g/mol. The smallest absolute Gasteiger partial charge is 0.374 e. The van der Waals surface area contributed by atoms with Gasteiger partial charge in [-0.1, -0.05) is 6.58 Å². The number of ketones is 1. The highest BCUT2D eigenvalue weighted by molar-refractivity contribution is 6.32. The molecule has 1 spiro atoms. The molecule has 0 aromatic heterocycles. The van der Waals surface area contributed by atoms with Crippen LogP contribution in [0.5, 0.6) is 0 Å². The first-order valence-electron chi connectivity index (χ1n) is 6.40. The number of carbonyl (C=O) groups is 3. The van der Waals surface area contributed by atoms with Crippen molar-refractivity contribution in [2.75, 3.05) is 0 Å². The van der Waals surface area contributed by atoms with Gasteiger partial charge in [0.25, 0.3) is 0 Å². The number of rotatable bonds is 2. The van der Waals surface area contributed by atoms with Crippen molar-refractivity contribution in [2.24, 2.45) is 0 Å². The van der Waals surface area contributed by atoms with E-state index < -0.39 is 23.0 Å². The summed E-state index contributed by atoms with van der Waals surface area (Å²) in [4.78, 5) is 33.7. The average Bonchev–Trinajstić information content (AvgIpc) is 2.60. The van der Waals surface area contributed by atoms with Crippen molar-refractivity contribution in [3.63, 3.8) is 0 Å². The Labute approximate surface area is 111 Å². The standard InChI is InChI=1S/C14H18O5/c1-9-8-14(19-11(9)16)6-4-13(3,5-7-14)18-12(17)10(2)15/h1,4-8H2,2-3H3. The summed E-state index contributed by atoms with van der Waals surface area (Å²) in [7, 11) is 0. The largest absolute Gasteiger partial charge is 0.455 e. The van der Waals surface area contributed by atoms with Crippen molar-refractivity contribution in [1.82, 2.24) is 0 Å². The number of carbonyl (C=O) groups excluding carboxylic acids is 3. The van der Waals surface area contributed by atoms with Gasteiger partial charge in [0.2, 0.25) is 5.78 Å². The molecule has 1 saturated carbocycles. The number of esters is 2. The van der Waals surface area contributed by atoms with Crippen LogP contribution in [0.15, 0.2) is 12.2 Å². The fourth-order valence-corrected chi connectivity index (χ4v) is 2.68. The molecule has 0 atom stereocenters. The molecule has 19 heavy (non-hydrogen) atoms. The van der Waals surface area contributed by atoms with Gasteiger partial charge in [-0.3, -0.25) is 4.79 Å². The number of Topliss-reactive ketones (excluding diaryl/α,β-unsaturated/α-hetero) is 1. The minimum Gasteiger partial charge on any atom is -0.455 e. The fraction of sp³-hybridized carbons (Fsp3) is 0.643. The van der Waals surface area contributed by atoms with Gasteiger partial charge in [0.1, 0.15) is 11.2 Å². The Bertz CT molecular complexity index is 436. The van der Waals surface area contributed by atoms with E-state index in [0.29, 0.717) is 37.7 Å². The molecule has 2 rings (SSSR count). The van der Waals surface area contributed by atoms with E-state index in [4.69, 9.17) is 9.47 Å². The Morgan fingerprint density at radius 3 is 2.26 bits per heavy atom. The van der Waals surface area contributed by atoms with E-state index in [0.717, 1.165) is 0 Å². The SMILES string of the molecule is C=C1CC2(CCC(C)(OC(=O)C(C)=O)CC2)OC1=O. The third-order valence-corrected chi connectivity index (χ3v) is 3.98. The van der Waals surface area contributed by atoms with Crippen LogP contribution in [0.2, 0.25) is 0 Å². The molecule has 2 fully saturated rings. The molecule has 0 aromatic rings. The van der Waals surface area contributed by atoms with Crippen LogP contribution in [-0.2, 0) is 23.9 Å². The van der Waals surface area contributed by atoms with Crippen molar-refractivity contribution in [1.29, 1.82) is 0 Å². The van der Waals surface area contributed by atoms with Crippen LogP contribution in [0.1, 0.15) is 46.0 Å². The van der Waals surface area contributed by atoms with Gasteiger partial charge in [-0.05, 0) is 32.6 Å². The summed E-state index contributed by atoms with van der Waals surface area (Å²) in [5.74, 6) is -1.72. The number of hydrogen-bond donors (Lipinski definition) is 0. The van der Waals surface area contributed by atoms with E-state index in [9.17, 15) is 14.4 Å². The molecule has 1 aliphatic heterocycles. The second kappa shape index (κ2) is 4.47.